The molecular weight excluding hydrogens is 244 g/mol. The van der Waals surface area contributed by atoms with Gasteiger partial charge in [-0.25, -0.2) is 0 Å². The maximum absolute atomic E-state index is 10.8. The second kappa shape index (κ2) is 5.27. The molecule has 0 saturated heterocycles. The van der Waals surface area contributed by atoms with Crippen LogP contribution in [0.15, 0.2) is 18.2 Å². The lowest BCUT2D eigenvalue weighted by Gasteiger charge is -2.36. The molecule has 0 radical (unpaired) electrons. The minimum atomic E-state index is -0.347. The van der Waals surface area contributed by atoms with Gasteiger partial charge in [0.15, 0.2) is 0 Å². The molecule has 1 N–H and O–H groups in total. The van der Waals surface area contributed by atoms with Gasteiger partial charge in [0.2, 0.25) is 0 Å². The van der Waals surface area contributed by atoms with E-state index < -0.39 is 0 Å². The number of aliphatic hydroxyl groups is 1. The van der Waals surface area contributed by atoms with Gasteiger partial charge >= 0.3 is 0 Å². The van der Waals surface area contributed by atoms with Crippen molar-refractivity contribution >= 4 is 5.69 Å². The fraction of sp³-hybridized carbons (Fsp3) is 0.571. The first-order valence-corrected chi connectivity index (χ1v) is 6.56. The standard InChI is InChI=1S/C14H20N2O3/c1-14(2,10-17)15-7-5-11-3-4-13(16(18)19)9-12(11)6-8-15/h3-4,9,17H,5-8,10H2,1-2H3. The summed E-state index contributed by atoms with van der Waals surface area (Å²) in [6.07, 6.45) is 1.66. The lowest BCUT2D eigenvalue weighted by molar-refractivity contribution is -0.384. The first-order valence-electron chi connectivity index (χ1n) is 6.56. The highest BCUT2D eigenvalue weighted by atomic mass is 16.6. The van der Waals surface area contributed by atoms with E-state index in [0.29, 0.717) is 0 Å². The van der Waals surface area contributed by atoms with Crippen LogP contribution in [-0.2, 0) is 12.8 Å². The van der Waals surface area contributed by atoms with Crippen molar-refractivity contribution in [3.8, 4) is 0 Å². The Kier molecular flexibility index (Phi) is 3.87. The fourth-order valence-corrected chi connectivity index (χ4v) is 2.53. The number of benzene rings is 1. The summed E-state index contributed by atoms with van der Waals surface area (Å²) in [7, 11) is 0. The monoisotopic (exact) mass is 264 g/mol. The van der Waals surface area contributed by atoms with Gasteiger partial charge in [-0.05, 0) is 37.8 Å². The highest BCUT2D eigenvalue weighted by Gasteiger charge is 2.27. The van der Waals surface area contributed by atoms with Crippen molar-refractivity contribution in [3.05, 3.63) is 39.4 Å². The zero-order valence-electron chi connectivity index (χ0n) is 11.4. The normalized spacial score (nSPS) is 16.8. The minimum Gasteiger partial charge on any atom is -0.394 e. The summed E-state index contributed by atoms with van der Waals surface area (Å²) in [5.41, 5.74) is 2.16. The van der Waals surface area contributed by atoms with Gasteiger partial charge in [-0.15, -0.1) is 0 Å². The molecule has 5 heteroatoms. The third-order valence-electron chi connectivity index (χ3n) is 3.95. The van der Waals surface area contributed by atoms with Gasteiger partial charge in [0.05, 0.1) is 11.5 Å². The summed E-state index contributed by atoms with van der Waals surface area (Å²) in [6.45, 7) is 5.85. The van der Waals surface area contributed by atoms with Gasteiger partial charge in [0.25, 0.3) is 5.69 Å². The van der Waals surface area contributed by atoms with Gasteiger partial charge in [-0.2, -0.15) is 0 Å². The molecular formula is C14H20N2O3. The van der Waals surface area contributed by atoms with Crippen LogP contribution < -0.4 is 0 Å². The maximum Gasteiger partial charge on any atom is 0.269 e. The van der Waals surface area contributed by atoms with Gasteiger partial charge in [0.1, 0.15) is 0 Å². The van der Waals surface area contributed by atoms with E-state index in [9.17, 15) is 15.2 Å². The predicted molar refractivity (Wildman–Crippen MR) is 73.2 cm³/mol. The van der Waals surface area contributed by atoms with E-state index in [0.717, 1.165) is 31.5 Å². The number of nitro groups is 1. The van der Waals surface area contributed by atoms with Crippen LogP contribution in [0, 0.1) is 10.1 Å². The second-order valence-electron chi connectivity index (χ2n) is 5.67. The Morgan fingerprint density at radius 2 is 1.95 bits per heavy atom. The number of hydrogen-bond acceptors (Lipinski definition) is 4. The number of nitro benzene ring substituents is 1. The molecule has 0 bridgehead atoms. The first kappa shape index (κ1) is 14.0. The molecule has 2 rings (SSSR count). The molecule has 0 fully saturated rings. The summed E-state index contributed by atoms with van der Waals surface area (Å²) >= 11 is 0. The smallest absolute Gasteiger partial charge is 0.269 e. The number of rotatable bonds is 3. The van der Waals surface area contributed by atoms with Gasteiger partial charge in [0, 0.05) is 30.8 Å². The quantitative estimate of drug-likeness (QED) is 0.667. The van der Waals surface area contributed by atoms with Gasteiger partial charge in [-0.3, -0.25) is 15.0 Å². The molecule has 1 heterocycles. The lowest BCUT2D eigenvalue weighted by atomic mass is 10.0. The second-order valence-corrected chi connectivity index (χ2v) is 5.67. The van der Waals surface area contributed by atoms with Crippen molar-refractivity contribution in [2.24, 2.45) is 0 Å². The van der Waals surface area contributed by atoms with E-state index in [2.05, 4.69) is 4.90 Å². The van der Waals surface area contributed by atoms with Crippen LogP contribution in [0.2, 0.25) is 0 Å². The van der Waals surface area contributed by atoms with Crippen molar-refractivity contribution in [3.63, 3.8) is 0 Å². The molecule has 0 atom stereocenters. The molecule has 0 aromatic heterocycles. The third-order valence-corrected chi connectivity index (χ3v) is 3.95. The van der Waals surface area contributed by atoms with Crippen molar-refractivity contribution in [2.45, 2.75) is 32.2 Å². The van der Waals surface area contributed by atoms with Crippen molar-refractivity contribution in [1.82, 2.24) is 4.90 Å². The van der Waals surface area contributed by atoms with Crippen molar-refractivity contribution in [1.29, 1.82) is 0 Å². The lowest BCUT2D eigenvalue weighted by Crippen LogP contribution is -2.47. The Morgan fingerprint density at radius 3 is 2.53 bits per heavy atom. The Labute approximate surface area is 113 Å². The largest absolute Gasteiger partial charge is 0.394 e. The number of hydrogen-bond donors (Lipinski definition) is 1. The van der Waals surface area contributed by atoms with Crippen LogP contribution in [0.5, 0.6) is 0 Å². The van der Waals surface area contributed by atoms with Gasteiger partial charge in [-0.1, -0.05) is 6.07 Å². The number of fused-ring (bicyclic) bond motifs is 1. The van der Waals surface area contributed by atoms with E-state index in [-0.39, 0.29) is 22.8 Å². The SMILES string of the molecule is CC(C)(CO)N1CCc2ccc([N+](=O)[O-])cc2CC1. The highest BCUT2D eigenvalue weighted by molar-refractivity contribution is 5.40. The summed E-state index contributed by atoms with van der Waals surface area (Å²) < 4.78 is 0. The zero-order chi connectivity index (χ0) is 14.0. The van der Waals surface area contributed by atoms with E-state index in [1.807, 2.05) is 19.9 Å². The Bertz CT molecular complexity index is 486. The summed E-state index contributed by atoms with van der Waals surface area (Å²) in [6, 6.07) is 5.12. The molecule has 104 valence electrons. The average Bonchev–Trinajstić information content (AvgIpc) is 2.60. The molecule has 1 aliphatic rings. The molecule has 0 unspecified atom stereocenters. The Hall–Kier alpha value is -1.46. The van der Waals surface area contributed by atoms with Crippen LogP contribution in [-0.4, -0.2) is 40.2 Å². The summed E-state index contributed by atoms with van der Waals surface area (Å²) in [5, 5.41) is 20.2. The van der Waals surface area contributed by atoms with Gasteiger partial charge < -0.3 is 5.11 Å². The van der Waals surface area contributed by atoms with Crippen LogP contribution in [0.25, 0.3) is 0 Å². The highest BCUT2D eigenvalue weighted by Crippen LogP contribution is 2.24. The van der Waals surface area contributed by atoms with Crippen LogP contribution in [0.1, 0.15) is 25.0 Å². The number of nitrogens with zero attached hydrogens (tertiary/aromatic N) is 2. The van der Waals surface area contributed by atoms with Crippen LogP contribution in [0.4, 0.5) is 5.69 Å². The third kappa shape index (κ3) is 2.93. The van der Waals surface area contributed by atoms with Crippen LogP contribution >= 0.6 is 0 Å². The molecule has 0 amide bonds. The van der Waals surface area contributed by atoms with E-state index >= 15 is 0 Å². The molecule has 1 aromatic carbocycles. The number of aliphatic hydroxyl groups excluding tert-OH is 1. The van der Waals surface area contributed by atoms with E-state index in [4.69, 9.17) is 0 Å². The molecule has 0 saturated carbocycles. The molecule has 5 nitrogen and oxygen atoms in total. The molecule has 0 spiro atoms. The topological polar surface area (TPSA) is 66.6 Å². The van der Waals surface area contributed by atoms with Crippen molar-refractivity contribution < 1.29 is 10.0 Å². The molecule has 0 aliphatic carbocycles. The molecule has 19 heavy (non-hydrogen) atoms. The fourth-order valence-electron chi connectivity index (χ4n) is 2.53. The Morgan fingerprint density at radius 1 is 1.32 bits per heavy atom. The predicted octanol–water partition coefficient (Wildman–Crippen LogP) is 1.77. The summed E-state index contributed by atoms with van der Waals surface area (Å²) in [5.74, 6) is 0. The average molecular weight is 264 g/mol. The van der Waals surface area contributed by atoms with Crippen molar-refractivity contribution in [2.75, 3.05) is 19.7 Å². The zero-order valence-corrected chi connectivity index (χ0v) is 11.4. The first-order chi connectivity index (χ1) is 8.94. The Balaban J connectivity index is 2.20. The summed E-state index contributed by atoms with van der Waals surface area (Å²) in [4.78, 5) is 12.7. The van der Waals surface area contributed by atoms with E-state index in [1.165, 1.54) is 5.56 Å². The molecule has 1 aromatic rings. The van der Waals surface area contributed by atoms with Crippen LogP contribution in [0.3, 0.4) is 0 Å². The number of non-ortho nitro benzene ring substituents is 1. The maximum atomic E-state index is 10.8. The van der Waals surface area contributed by atoms with E-state index in [1.54, 1.807) is 12.1 Å². The molecule has 1 aliphatic heterocycles. The minimum absolute atomic E-state index is 0.115.